The van der Waals surface area contributed by atoms with Crippen molar-refractivity contribution in [2.75, 3.05) is 18.5 Å². The van der Waals surface area contributed by atoms with Gasteiger partial charge in [-0.3, -0.25) is 0 Å². The summed E-state index contributed by atoms with van der Waals surface area (Å²) in [5.74, 6) is 0. The summed E-state index contributed by atoms with van der Waals surface area (Å²) in [5, 5.41) is 4.69. The van der Waals surface area contributed by atoms with Crippen LogP contribution in [0.3, 0.4) is 0 Å². The molecule has 0 aliphatic carbocycles. The molecule has 1 aromatic rings. The van der Waals surface area contributed by atoms with Crippen LogP contribution in [-0.4, -0.2) is 24.1 Å². The molecule has 0 atom stereocenters. The lowest BCUT2D eigenvalue weighted by Crippen LogP contribution is -2.34. The maximum atomic E-state index is 4.69. The van der Waals surface area contributed by atoms with Gasteiger partial charge in [0.2, 0.25) is 0 Å². The zero-order valence-corrected chi connectivity index (χ0v) is 14.2. The molecule has 1 N–H and O–H groups in total. The fraction of sp³-hybridized carbons (Fsp3) is 0.800. The van der Waals surface area contributed by atoms with Crippen molar-refractivity contribution in [2.24, 2.45) is 0 Å². The van der Waals surface area contributed by atoms with E-state index in [0.29, 0.717) is 0 Å². The number of hydrogen-bond donors (Lipinski definition) is 1. The molecule has 0 aliphatic heterocycles. The highest BCUT2D eigenvalue weighted by Gasteiger charge is 2.14. The van der Waals surface area contributed by atoms with E-state index in [1.165, 1.54) is 29.8 Å². The molecular weight excluding hydrogens is 254 g/mol. The summed E-state index contributed by atoms with van der Waals surface area (Å²) >= 11 is 1.82. The molecule has 3 nitrogen and oxygen atoms in total. The van der Waals surface area contributed by atoms with E-state index in [1.807, 2.05) is 11.3 Å². The number of thiazole rings is 1. The Bertz CT molecular complexity index is 379. The number of anilines is 1. The van der Waals surface area contributed by atoms with Crippen LogP contribution < -0.4 is 10.2 Å². The Morgan fingerprint density at radius 2 is 1.95 bits per heavy atom. The molecule has 0 saturated carbocycles. The number of aryl methyl sites for hydroxylation is 1. The van der Waals surface area contributed by atoms with Gasteiger partial charge in [0.25, 0.3) is 0 Å². The molecule has 19 heavy (non-hydrogen) atoms. The van der Waals surface area contributed by atoms with E-state index >= 15 is 0 Å². The van der Waals surface area contributed by atoms with Crippen molar-refractivity contribution < 1.29 is 0 Å². The summed E-state index contributed by atoms with van der Waals surface area (Å²) in [7, 11) is 2.15. The van der Waals surface area contributed by atoms with Crippen LogP contribution in [0.1, 0.15) is 57.5 Å². The van der Waals surface area contributed by atoms with Crippen molar-refractivity contribution in [3.63, 3.8) is 0 Å². The second-order valence-corrected chi connectivity index (χ2v) is 7.30. The van der Waals surface area contributed by atoms with Gasteiger partial charge in [-0.1, -0.05) is 19.8 Å². The number of aromatic nitrogens is 1. The van der Waals surface area contributed by atoms with Gasteiger partial charge in [0.05, 0.1) is 5.69 Å². The zero-order valence-electron chi connectivity index (χ0n) is 13.3. The fourth-order valence-electron chi connectivity index (χ4n) is 1.78. The molecule has 0 radical (unpaired) electrons. The predicted molar refractivity (Wildman–Crippen MR) is 86.2 cm³/mol. The van der Waals surface area contributed by atoms with E-state index in [0.717, 1.165) is 18.2 Å². The Hall–Kier alpha value is -0.610. The van der Waals surface area contributed by atoms with Gasteiger partial charge >= 0.3 is 0 Å². The zero-order chi connectivity index (χ0) is 14.5. The molecule has 0 fully saturated rings. The molecule has 0 aliphatic rings. The van der Waals surface area contributed by atoms with E-state index in [2.05, 4.69) is 51.9 Å². The van der Waals surface area contributed by atoms with Crippen LogP contribution in [0.15, 0.2) is 0 Å². The normalized spacial score (nSPS) is 11.9. The highest BCUT2D eigenvalue weighted by Crippen LogP contribution is 2.25. The monoisotopic (exact) mass is 283 g/mol. The molecule has 4 heteroatoms. The van der Waals surface area contributed by atoms with Gasteiger partial charge in [-0.15, -0.1) is 11.3 Å². The molecule has 0 aromatic carbocycles. The van der Waals surface area contributed by atoms with Gasteiger partial charge in [0.1, 0.15) is 0 Å². The number of unbranched alkanes of at least 4 members (excludes halogenated alkanes) is 2. The maximum absolute atomic E-state index is 4.69. The Kier molecular flexibility index (Phi) is 6.27. The molecule has 1 heterocycles. The Morgan fingerprint density at radius 3 is 2.53 bits per heavy atom. The third-order valence-corrected chi connectivity index (χ3v) is 4.36. The predicted octanol–water partition coefficient (Wildman–Crippen LogP) is 3.97. The molecule has 1 aromatic heterocycles. The highest BCUT2D eigenvalue weighted by molar-refractivity contribution is 7.15. The average molecular weight is 283 g/mol. The van der Waals surface area contributed by atoms with Crippen molar-refractivity contribution in [3.8, 4) is 0 Å². The first-order valence-corrected chi connectivity index (χ1v) is 8.07. The minimum absolute atomic E-state index is 0.156. The number of nitrogens with zero attached hydrogens (tertiary/aromatic N) is 2. The molecule has 1 rings (SSSR count). The Balaban J connectivity index is 2.57. The minimum Gasteiger partial charge on any atom is -0.351 e. The molecular formula is C15H29N3S. The second-order valence-electron chi connectivity index (χ2n) is 6.24. The van der Waals surface area contributed by atoms with Gasteiger partial charge in [-0.25, -0.2) is 4.98 Å². The maximum Gasteiger partial charge on any atom is 0.185 e. The van der Waals surface area contributed by atoms with Gasteiger partial charge < -0.3 is 10.2 Å². The van der Waals surface area contributed by atoms with Crippen molar-refractivity contribution >= 4 is 16.5 Å². The highest BCUT2D eigenvalue weighted by atomic mass is 32.1. The van der Waals surface area contributed by atoms with Crippen LogP contribution in [0.5, 0.6) is 0 Å². The fourth-order valence-corrected chi connectivity index (χ4v) is 2.77. The van der Waals surface area contributed by atoms with Crippen LogP contribution in [-0.2, 0) is 6.54 Å². The molecule has 110 valence electrons. The van der Waals surface area contributed by atoms with Gasteiger partial charge in [-0.05, 0) is 34.1 Å². The average Bonchev–Trinajstić information content (AvgIpc) is 2.67. The van der Waals surface area contributed by atoms with Crippen molar-refractivity contribution in [3.05, 3.63) is 10.6 Å². The van der Waals surface area contributed by atoms with Crippen LogP contribution >= 0.6 is 11.3 Å². The number of rotatable bonds is 7. The van der Waals surface area contributed by atoms with Crippen LogP contribution in [0, 0.1) is 6.92 Å². The van der Waals surface area contributed by atoms with Gasteiger partial charge in [-0.2, -0.15) is 0 Å². The van der Waals surface area contributed by atoms with E-state index in [4.69, 9.17) is 4.98 Å². The third kappa shape index (κ3) is 5.91. The summed E-state index contributed by atoms with van der Waals surface area (Å²) in [6, 6.07) is 0. The van der Waals surface area contributed by atoms with Crippen LogP contribution in [0.25, 0.3) is 0 Å². The standard InChI is InChI=1S/C15H29N3S/c1-7-8-9-10-18(6)14-17-12(2)13(19-14)11-16-15(3,4)5/h16H,7-11H2,1-6H3. The van der Waals surface area contributed by atoms with E-state index in [9.17, 15) is 0 Å². The lowest BCUT2D eigenvalue weighted by atomic mass is 10.1. The van der Waals surface area contributed by atoms with Crippen molar-refractivity contribution in [1.82, 2.24) is 10.3 Å². The van der Waals surface area contributed by atoms with Gasteiger partial charge in [0, 0.05) is 30.6 Å². The van der Waals surface area contributed by atoms with Gasteiger partial charge in [0.15, 0.2) is 5.13 Å². The quantitative estimate of drug-likeness (QED) is 0.768. The number of nitrogens with one attached hydrogen (secondary N) is 1. The topological polar surface area (TPSA) is 28.2 Å². The molecule has 0 saturated heterocycles. The van der Waals surface area contributed by atoms with Crippen molar-refractivity contribution in [1.29, 1.82) is 0 Å². The summed E-state index contributed by atoms with van der Waals surface area (Å²) < 4.78 is 0. The summed E-state index contributed by atoms with van der Waals surface area (Å²) in [6.07, 6.45) is 3.82. The van der Waals surface area contributed by atoms with E-state index in [-0.39, 0.29) is 5.54 Å². The first-order valence-electron chi connectivity index (χ1n) is 7.26. The summed E-state index contributed by atoms with van der Waals surface area (Å²) in [6.45, 7) is 13.0. The first-order chi connectivity index (χ1) is 8.83. The second kappa shape index (κ2) is 7.25. The first kappa shape index (κ1) is 16.4. The molecule has 0 amide bonds. The Morgan fingerprint density at radius 1 is 1.26 bits per heavy atom. The summed E-state index contributed by atoms with van der Waals surface area (Å²) in [5.41, 5.74) is 1.32. The van der Waals surface area contributed by atoms with Crippen molar-refractivity contribution in [2.45, 2.75) is 66.0 Å². The van der Waals surface area contributed by atoms with E-state index in [1.54, 1.807) is 0 Å². The van der Waals surface area contributed by atoms with Crippen LogP contribution in [0.4, 0.5) is 5.13 Å². The smallest absolute Gasteiger partial charge is 0.185 e. The molecule has 0 spiro atoms. The number of hydrogen-bond acceptors (Lipinski definition) is 4. The largest absolute Gasteiger partial charge is 0.351 e. The van der Waals surface area contributed by atoms with Crippen LogP contribution in [0.2, 0.25) is 0 Å². The Labute approximate surface area is 122 Å². The van der Waals surface area contributed by atoms with E-state index < -0.39 is 0 Å². The lowest BCUT2D eigenvalue weighted by Gasteiger charge is -2.20. The lowest BCUT2D eigenvalue weighted by molar-refractivity contribution is 0.425. The molecule has 0 unspecified atom stereocenters. The molecule has 0 bridgehead atoms. The minimum atomic E-state index is 0.156. The SMILES string of the molecule is CCCCCN(C)c1nc(C)c(CNC(C)(C)C)s1. The summed E-state index contributed by atoms with van der Waals surface area (Å²) in [4.78, 5) is 8.33. The third-order valence-electron chi connectivity index (χ3n) is 3.08.